The van der Waals surface area contributed by atoms with Gasteiger partial charge in [-0.1, -0.05) is 6.42 Å². The summed E-state index contributed by atoms with van der Waals surface area (Å²) in [6.45, 7) is 6.53. The summed E-state index contributed by atoms with van der Waals surface area (Å²) in [7, 11) is 2.21. The fourth-order valence-electron chi connectivity index (χ4n) is 2.82. The lowest BCUT2D eigenvalue weighted by Crippen LogP contribution is -2.57. The van der Waals surface area contributed by atoms with E-state index in [1.807, 2.05) is 0 Å². The monoisotopic (exact) mass is 198 g/mol. The molecule has 2 aliphatic rings. The quantitative estimate of drug-likeness (QED) is 0.685. The van der Waals surface area contributed by atoms with Gasteiger partial charge in [0.05, 0.1) is 12.1 Å². The first-order valence-corrected chi connectivity index (χ1v) is 5.75. The van der Waals surface area contributed by atoms with E-state index in [9.17, 15) is 0 Å². The smallest absolute Gasteiger partial charge is 0.132 e. The number of piperidine rings is 1. The highest BCUT2D eigenvalue weighted by molar-refractivity contribution is 4.94. The van der Waals surface area contributed by atoms with Crippen molar-refractivity contribution in [3.8, 4) is 0 Å². The van der Waals surface area contributed by atoms with Gasteiger partial charge in [0.25, 0.3) is 0 Å². The van der Waals surface area contributed by atoms with E-state index < -0.39 is 0 Å². The van der Waals surface area contributed by atoms with Crippen molar-refractivity contribution in [2.45, 2.75) is 51.0 Å². The van der Waals surface area contributed by atoms with Crippen molar-refractivity contribution in [1.29, 1.82) is 0 Å². The van der Waals surface area contributed by atoms with Crippen molar-refractivity contribution < 1.29 is 4.74 Å². The molecule has 0 spiro atoms. The van der Waals surface area contributed by atoms with Gasteiger partial charge in [-0.3, -0.25) is 10.2 Å². The van der Waals surface area contributed by atoms with Crippen molar-refractivity contribution >= 4 is 0 Å². The van der Waals surface area contributed by atoms with Crippen molar-refractivity contribution in [3.05, 3.63) is 0 Å². The van der Waals surface area contributed by atoms with Crippen molar-refractivity contribution in [1.82, 2.24) is 10.2 Å². The molecule has 82 valence electrons. The molecule has 14 heavy (non-hydrogen) atoms. The van der Waals surface area contributed by atoms with Gasteiger partial charge in [-0.15, -0.1) is 0 Å². The maximum atomic E-state index is 6.01. The molecule has 2 saturated heterocycles. The van der Waals surface area contributed by atoms with Crippen LogP contribution in [0.1, 0.15) is 33.1 Å². The van der Waals surface area contributed by atoms with E-state index in [4.69, 9.17) is 4.74 Å². The zero-order valence-corrected chi connectivity index (χ0v) is 9.55. The number of ether oxygens (including phenoxy) is 1. The zero-order valence-electron chi connectivity index (χ0n) is 9.55. The van der Waals surface area contributed by atoms with E-state index in [1.54, 1.807) is 0 Å². The molecule has 3 heteroatoms. The number of nitrogens with zero attached hydrogens (tertiary/aromatic N) is 1. The number of nitrogens with one attached hydrogen (secondary N) is 1. The standard InChI is InChI=1S/C11H22N2O/c1-9-8-12-11(2,14-9)10-6-4-5-7-13(10)3/h9-10,12H,4-8H2,1-3H3. The Labute approximate surface area is 86.8 Å². The predicted octanol–water partition coefficient (Wildman–Crippen LogP) is 1.20. The fourth-order valence-corrected chi connectivity index (χ4v) is 2.82. The summed E-state index contributed by atoms with van der Waals surface area (Å²) < 4.78 is 6.01. The lowest BCUT2D eigenvalue weighted by Gasteiger charge is -2.42. The summed E-state index contributed by atoms with van der Waals surface area (Å²) in [6, 6.07) is 0.543. The summed E-state index contributed by atoms with van der Waals surface area (Å²) in [4.78, 5) is 2.44. The molecule has 3 nitrogen and oxygen atoms in total. The number of hydrogen-bond acceptors (Lipinski definition) is 3. The zero-order chi connectivity index (χ0) is 10.2. The summed E-state index contributed by atoms with van der Waals surface area (Å²) in [5.74, 6) is 0. The third-order valence-corrected chi connectivity index (χ3v) is 3.59. The molecule has 2 aliphatic heterocycles. The number of hydrogen-bond donors (Lipinski definition) is 1. The second-order valence-electron chi connectivity index (χ2n) is 4.91. The Hall–Kier alpha value is -0.120. The van der Waals surface area contributed by atoms with Crippen molar-refractivity contribution in [2.75, 3.05) is 20.1 Å². The molecule has 2 heterocycles. The van der Waals surface area contributed by atoms with Gasteiger partial charge >= 0.3 is 0 Å². The highest BCUT2D eigenvalue weighted by Gasteiger charge is 2.43. The van der Waals surface area contributed by atoms with Crippen LogP contribution in [0.15, 0.2) is 0 Å². The molecule has 2 rings (SSSR count). The Bertz CT molecular complexity index is 209. The first kappa shape index (κ1) is 10.4. The van der Waals surface area contributed by atoms with Crippen molar-refractivity contribution in [2.24, 2.45) is 0 Å². The maximum Gasteiger partial charge on any atom is 0.132 e. The molecule has 0 aromatic rings. The van der Waals surface area contributed by atoms with E-state index in [0.717, 1.165) is 6.54 Å². The maximum absolute atomic E-state index is 6.01. The highest BCUT2D eigenvalue weighted by atomic mass is 16.5. The van der Waals surface area contributed by atoms with Crippen LogP contribution in [0.5, 0.6) is 0 Å². The summed E-state index contributed by atoms with van der Waals surface area (Å²) in [6.07, 6.45) is 4.28. The summed E-state index contributed by atoms with van der Waals surface area (Å²) in [5.41, 5.74) is -0.116. The van der Waals surface area contributed by atoms with Gasteiger partial charge in [0.2, 0.25) is 0 Å². The molecule has 0 saturated carbocycles. The number of likely N-dealkylation sites (N-methyl/N-ethyl adjacent to an activating group) is 1. The Morgan fingerprint density at radius 2 is 2.21 bits per heavy atom. The van der Waals surface area contributed by atoms with Gasteiger partial charge in [0.15, 0.2) is 0 Å². The van der Waals surface area contributed by atoms with Crippen LogP contribution in [-0.4, -0.2) is 42.9 Å². The SMILES string of the molecule is CC1CNC(C)(C2CCCCN2C)O1. The van der Waals surface area contributed by atoms with E-state index in [1.165, 1.54) is 25.8 Å². The first-order valence-electron chi connectivity index (χ1n) is 5.75. The molecule has 3 unspecified atom stereocenters. The molecule has 1 N–H and O–H groups in total. The third kappa shape index (κ3) is 1.81. The highest BCUT2D eigenvalue weighted by Crippen LogP contribution is 2.29. The van der Waals surface area contributed by atoms with Crippen LogP contribution in [0, 0.1) is 0 Å². The van der Waals surface area contributed by atoms with E-state index in [0.29, 0.717) is 12.1 Å². The van der Waals surface area contributed by atoms with Crippen LogP contribution in [0.2, 0.25) is 0 Å². The second-order valence-corrected chi connectivity index (χ2v) is 4.91. The first-order chi connectivity index (χ1) is 6.62. The van der Waals surface area contributed by atoms with Gasteiger partial charge in [-0.05, 0) is 40.3 Å². The Morgan fingerprint density at radius 1 is 1.43 bits per heavy atom. The third-order valence-electron chi connectivity index (χ3n) is 3.59. The molecular formula is C11H22N2O. The molecule has 0 bridgehead atoms. The van der Waals surface area contributed by atoms with Gasteiger partial charge < -0.3 is 4.74 Å². The van der Waals surface area contributed by atoms with E-state index in [2.05, 4.69) is 31.1 Å². The minimum atomic E-state index is -0.116. The van der Waals surface area contributed by atoms with Gasteiger partial charge in [-0.25, -0.2) is 0 Å². The summed E-state index contributed by atoms with van der Waals surface area (Å²) >= 11 is 0. The molecule has 0 aromatic carbocycles. The summed E-state index contributed by atoms with van der Waals surface area (Å²) in [5, 5.41) is 3.52. The van der Waals surface area contributed by atoms with Crippen LogP contribution in [0.4, 0.5) is 0 Å². The van der Waals surface area contributed by atoms with Crippen LogP contribution in [0.3, 0.4) is 0 Å². The molecule has 0 aliphatic carbocycles. The lowest BCUT2D eigenvalue weighted by molar-refractivity contribution is -0.0932. The Morgan fingerprint density at radius 3 is 2.79 bits per heavy atom. The molecule has 2 fully saturated rings. The topological polar surface area (TPSA) is 24.5 Å². The molecule has 0 aromatic heterocycles. The normalized spacial score (nSPS) is 45.6. The minimum Gasteiger partial charge on any atom is -0.355 e. The van der Waals surface area contributed by atoms with E-state index >= 15 is 0 Å². The lowest BCUT2D eigenvalue weighted by atomic mass is 9.94. The van der Waals surface area contributed by atoms with Gasteiger partial charge in [0.1, 0.15) is 5.72 Å². The average Bonchev–Trinajstić information content (AvgIpc) is 2.48. The van der Waals surface area contributed by atoms with Gasteiger partial charge in [-0.2, -0.15) is 0 Å². The van der Waals surface area contributed by atoms with Gasteiger partial charge in [0, 0.05) is 6.54 Å². The number of rotatable bonds is 1. The number of likely N-dealkylation sites (tertiary alicyclic amines) is 1. The molecular weight excluding hydrogens is 176 g/mol. The molecule has 0 amide bonds. The Kier molecular flexibility index (Phi) is 2.82. The average molecular weight is 198 g/mol. The van der Waals surface area contributed by atoms with Crippen LogP contribution in [-0.2, 0) is 4.74 Å². The van der Waals surface area contributed by atoms with E-state index in [-0.39, 0.29) is 5.72 Å². The minimum absolute atomic E-state index is 0.116. The molecule has 3 atom stereocenters. The van der Waals surface area contributed by atoms with Crippen LogP contribution < -0.4 is 5.32 Å². The largest absolute Gasteiger partial charge is 0.355 e. The van der Waals surface area contributed by atoms with Crippen LogP contribution >= 0.6 is 0 Å². The fraction of sp³-hybridized carbons (Fsp3) is 1.00. The Balaban J connectivity index is 2.04. The van der Waals surface area contributed by atoms with Crippen LogP contribution in [0.25, 0.3) is 0 Å². The predicted molar refractivity (Wildman–Crippen MR) is 57.2 cm³/mol. The second kappa shape index (κ2) is 3.80. The molecule has 0 radical (unpaired) electrons. The van der Waals surface area contributed by atoms with Crippen molar-refractivity contribution in [3.63, 3.8) is 0 Å².